The number of nitrogens with one attached hydrogen (secondary N) is 1. The van der Waals surface area contributed by atoms with Gasteiger partial charge in [-0.15, -0.1) is 0 Å². The minimum absolute atomic E-state index is 0.0644. The lowest BCUT2D eigenvalue weighted by Crippen LogP contribution is -2.44. The van der Waals surface area contributed by atoms with Crippen molar-refractivity contribution in [1.82, 2.24) is 10.2 Å². The van der Waals surface area contributed by atoms with Crippen LogP contribution in [0, 0.1) is 5.41 Å². The van der Waals surface area contributed by atoms with E-state index < -0.39 is 67.9 Å². The van der Waals surface area contributed by atoms with E-state index in [2.05, 4.69) is 56.1 Å². The lowest BCUT2D eigenvalue weighted by atomic mass is 9.92. The molecular weight excluding hydrogens is 1090 g/mol. The van der Waals surface area contributed by atoms with Gasteiger partial charge in [0.1, 0.15) is 37.9 Å². The molecule has 0 aromatic carbocycles. The number of hydrogen-bond donors (Lipinski definition) is 1. The van der Waals surface area contributed by atoms with Gasteiger partial charge in [-0.05, 0) is 142 Å². The highest BCUT2D eigenvalue weighted by atomic mass is 16.6. The Morgan fingerprint density at radius 3 is 1.08 bits per heavy atom. The molecule has 0 aliphatic carbocycles. The Morgan fingerprint density at radius 2 is 0.718 bits per heavy atom. The van der Waals surface area contributed by atoms with Crippen molar-refractivity contribution in [1.29, 1.82) is 0 Å². The number of ether oxygens (including phenoxy) is 8. The zero-order chi connectivity index (χ0) is 62.1. The number of likely N-dealkylation sites (tertiary alicyclic amines) is 1. The van der Waals surface area contributed by atoms with Crippen LogP contribution >= 0.6 is 0 Å². The molecule has 1 heterocycles. The molecule has 1 saturated heterocycles. The Labute approximate surface area is 511 Å². The quantitative estimate of drug-likeness (QED) is 0.0258. The van der Waals surface area contributed by atoms with Crippen LogP contribution in [0.2, 0.25) is 0 Å². The van der Waals surface area contributed by atoms with E-state index in [1.165, 1.54) is 19.3 Å². The van der Waals surface area contributed by atoms with Crippen molar-refractivity contribution < 1.29 is 76.3 Å². The molecule has 18 heteroatoms. The molecule has 1 unspecified atom stereocenters. The summed E-state index contributed by atoms with van der Waals surface area (Å²) in [6, 6.07) is 0. The number of unbranched alkanes of at least 4 members (excludes halogenated alkanes) is 15. The van der Waals surface area contributed by atoms with Gasteiger partial charge in [-0.1, -0.05) is 122 Å². The Bertz CT molecular complexity index is 1710. The van der Waals surface area contributed by atoms with Gasteiger partial charge < -0.3 is 48.1 Å². The van der Waals surface area contributed by atoms with Gasteiger partial charge in [-0.25, -0.2) is 4.79 Å². The number of carbonyl (C=O) groups is 8. The van der Waals surface area contributed by atoms with Crippen molar-refractivity contribution in [3.05, 3.63) is 36.5 Å². The smallest absolute Gasteiger partial charge is 0.407 e. The average Bonchev–Trinajstić information content (AvgIpc) is 4.09. The van der Waals surface area contributed by atoms with E-state index in [9.17, 15) is 38.4 Å². The van der Waals surface area contributed by atoms with Crippen molar-refractivity contribution in [3.8, 4) is 0 Å². The summed E-state index contributed by atoms with van der Waals surface area (Å²) < 4.78 is 45.1. The Balaban J connectivity index is 3.17. The molecule has 0 aromatic heterocycles. The maximum Gasteiger partial charge on any atom is 0.407 e. The van der Waals surface area contributed by atoms with Gasteiger partial charge in [-0.2, -0.15) is 0 Å². The third-order valence-electron chi connectivity index (χ3n) is 14.5. The standard InChI is InChI=1S/C67H114N2O16/c1-5-9-13-17-20-23-35-51-78-59(70)39-27-30-42-62(73)81-54-67(55-82-63(74)43-31-28-40-60(71)79-52-36-24-21-18-14-10-6-2,56-83-64(75)44-32-29-41-61(72)80-53-37-25-22-19-15-11-7-3)57-84-65(76)46-45-58(38-26-16-12-8-4)85-66(77)68-47-50-69-48-33-34-49-69/h20-25,58H,5-19,26-57H2,1-4H3,(H,68,77)/b23-20-,24-21-,25-22-. The lowest BCUT2D eigenvalue weighted by molar-refractivity contribution is -0.171. The molecule has 0 radical (unpaired) electrons. The summed E-state index contributed by atoms with van der Waals surface area (Å²) in [6.07, 6.45) is 35.3. The number of hydrogen-bond acceptors (Lipinski definition) is 17. The molecule has 1 aliphatic rings. The lowest BCUT2D eigenvalue weighted by Gasteiger charge is -2.31. The van der Waals surface area contributed by atoms with Crippen LogP contribution in [-0.2, 0) is 71.5 Å². The molecule has 1 aliphatic heterocycles. The number of carbonyl (C=O) groups excluding carboxylic acids is 8. The minimum atomic E-state index is -1.57. The number of esters is 7. The second-order valence-electron chi connectivity index (χ2n) is 22.6. The van der Waals surface area contributed by atoms with Crippen LogP contribution in [-0.4, -0.2) is 131 Å². The molecule has 0 bridgehead atoms. The summed E-state index contributed by atoms with van der Waals surface area (Å²) in [6.45, 7) is 10.6. The Kier molecular flexibility index (Phi) is 50.6. The first-order valence-corrected chi connectivity index (χ1v) is 33.1. The van der Waals surface area contributed by atoms with E-state index in [0.29, 0.717) is 70.8 Å². The maximum atomic E-state index is 13.7. The van der Waals surface area contributed by atoms with E-state index in [0.717, 1.165) is 116 Å². The van der Waals surface area contributed by atoms with Gasteiger partial charge in [0, 0.05) is 58.0 Å². The average molecular weight is 1200 g/mol. The number of rotatable bonds is 56. The van der Waals surface area contributed by atoms with Crippen LogP contribution in [0.3, 0.4) is 0 Å². The van der Waals surface area contributed by atoms with Crippen LogP contribution in [0.5, 0.6) is 0 Å². The second-order valence-corrected chi connectivity index (χ2v) is 22.6. The molecule has 85 heavy (non-hydrogen) atoms. The fourth-order valence-electron chi connectivity index (χ4n) is 9.13. The number of nitrogens with zero attached hydrogens (tertiary/aromatic N) is 1. The number of alkyl carbamates (subject to hydrolysis) is 1. The van der Waals surface area contributed by atoms with Crippen molar-refractivity contribution in [3.63, 3.8) is 0 Å². The Hall–Kier alpha value is -5.26. The minimum Gasteiger partial charge on any atom is -0.465 e. The van der Waals surface area contributed by atoms with E-state index in [1.807, 2.05) is 18.2 Å². The zero-order valence-corrected chi connectivity index (χ0v) is 53.3. The highest BCUT2D eigenvalue weighted by molar-refractivity contribution is 5.73. The summed E-state index contributed by atoms with van der Waals surface area (Å²) in [7, 11) is 0. The topological polar surface area (TPSA) is 226 Å². The molecule has 0 spiro atoms. The van der Waals surface area contributed by atoms with Crippen LogP contribution in [0.1, 0.15) is 259 Å². The first-order valence-electron chi connectivity index (χ1n) is 33.1. The first kappa shape index (κ1) is 77.8. The van der Waals surface area contributed by atoms with Crippen molar-refractivity contribution >= 4 is 47.9 Å². The van der Waals surface area contributed by atoms with E-state index in [1.54, 1.807) is 0 Å². The fraction of sp³-hybridized carbons (Fsp3) is 0.791. The van der Waals surface area contributed by atoms with Gasteiger partial charge in [0.05, 0.1) is 19.8 Å². The van der Waals surface area contributed by atoms with Crippen LogP contribution in [0.25, 0.3) is 0 Å². The number of allylic oxidation sites excluding steroid dienone is 3. The molecular formula is C67H114N2O16. The van der Waals surface area contributed by atoms with Gasteiger partial charge in [0.15, 0.2) is 0 Å². The molecule has 488 valence electrons. The predicted octanol–water partition coefficient (Wildman–Crippen LogP) is 14.0. The van der Waals surface area contributed by atoms with Crippen molar-refractivity contribution in [2.75, 3.05) is 72.4 Å². The monoisotopic (exact) mass is 1200 g/mol. The molecule has 1 rings (SSSR count). The van der Waals surface area contributed by atoms with Gasteiger partial charge in [-0.3, -0.25) is 33.6 Å². The van der Waals surface area contributed by atoms with E-state index in [4.69, 9.17) is 37.9 Å². The van der Waals surface area contributed by atoms with E-state index in [-0.39, 0.29) is 89.1 Å². The van der Waals surface area contributed by atoms with Gasteiger partial charge >= 0.3 is 47.9 Å². The van der Waals surface area contributed by atoms with Crippen LogP contribution in [0.15, 0.2) is 36.5 Å². The SMILES string of the molecule is CCCCC/C=C\CCOC(=O)CCCCC(=O)OCC(COC(=O)CCCCC(=O)OCC/C=C\CCCCC)(COC(=O)CCCCC(=O)OCC/C=C\CCCCC)COC(=O)CCC(CCCCCC)OC(=O)NCCN1CCCC1. The third-order valence-corrected chi connectivity index (χ3v) is 14.5. The van der Waals surface area contributed by atoms with Gasteiger partial charge in [0.2, 0.25) is 0 Å². The summed E-state index contributed by atoms with van der Waals surface area (Å²) in [5.74, 6) is -3.67. The third kappa shape index (κ3) is 48.5. The molecule has 1 amide bonds. The maximum absolute atomic E-state index is 13.7. The number of amides is 1. The normalized spacial score (nSPS) is 13.0. The van der Waals surface area contributed by atoms with Crippen molar-refractivity contribution in [2.45, 2.75) is 265 Å². The zero-order valence-electron chi connectivity index (χ0n) is 53.3. The molecule has 0 aromatic rings. The molecule has 0 saturated carbocycles. The molecule has 1 fully saturated rings. The predicted molar refractivity (Wildman–Crippen MR) is 330 cm³/mol. The molecule has 18 nitrogen and oxygen atoms in total. The fourth-order valence-corrected chi connectivity index (χ4v) is 9.13. The van der Waals surface area contributed by atoms with Gasteiger partial charge in [0.25, 0.3) is 0 Å². The van der Waals surface area contributed by atoms with Crippen LogP contribution in [0.4, 0.5) is 4.79 Å². The molecule has 1 atom stereocenters. The largest absolute Gasteiger partial charge is 0.465 e. The van der Waals surface area contributed by atoms with Crippen LogP contribution < -0.4 is 5.32 Å². The van der Waals surface area contributed by atoms with Crippen molar-refractivity contribution in [2.24, 2.45) is 5.41 Å². The first-order chi connectivity index (χ1) is 41.3. The second kappa shape index (κ2) is 55.3. The summed E-state index contributed by atoms with van der Waals surface area (Å²) >= 11 is 0. The summed E-state index contributed by atoms with van der Waals surface area (Å²) in [4.78, 5) is 106. The highest BCUT2D eigenvalue weighted by Gasteiger charge is 2.38. The van der Waals surface area contributed by atoms with E-state index >= 15 is 0 Å². The summed E-state index contributed by atoms with van der Waals surface area (Å²) in [5, 5.41) is 2.85. The highest BCUT2D eigenvalue weighted by Crippen LogP contribution is 2.24. The summed E-state index contributed by atoms with van der Waals surface area (Å²) in [5.41, 5.74) is -1.57. The molecule has 1 N–H and O–H groups in total. The Morgan fingerprint density at radius 1 is 0.388 bits per heavy atom.